The third kappa shape index (κ3) is 7.22. The number of nitrogens with one attached hydrogen (secondary N) is 1. The van der Waals surface area contributed by atoms with E-state index in [2.05, 4.69) is 140 Å². The molecular weight excluding hydrogens is 679 g/mol. The standard InChI is InChI=1S/C53H37N3/c54-50(42-16-7-2-8-17-42)35-49(40-14-5-1-6-15-40)47-23-13-22-41-30-33-46(34-48(41)47)39-26-24-37(25-27-39)38-28-31-45(32-29-38)53-55-51(43-18-9-3-10-19-43)36-52(56-53)44-20-11-4-12-21-44/h1-36,54H/b49-35-,54-50?. The first-order valence-corrected chi connectivity index (χ1v) is 18.8. The van der Waals surface area contributed by atoms with Crippen molar-refractivity contribution in [2.24, 2.45) is 0 Å². The van der Waals surface area contributed by atoms with Gasteiger partial charge in [0.25, 0.3) is 0 Å². The molecule has 0 saturated heterocycles. The van der Waals surface area contributed by atoms with Gasteiger partial charge in [0.05, 0.1) is 17.1 Å². The van der Waals surface area contributed by atoms with Crippen LogP contribution in [0.15, 0.2) is 218 Å². The highest BCUT2D eigenvalue weighted by molar-refractivity contribution is 6.13. The molecule has 0 fully saturated rings. The number of hydrogen-bond acceptors (Lipinski definition) is 3. The van der Waals surface area contributed by atoms with E-state index in [1.54, 1.807) is 0 Å². The zero-order valence-corrected chi connectivity index (χ0v) is 30.7. The molecular formula is C53H37N3. The Bertz CT molecular complexity index is 2750. The second-order valence-corrected chi connectivity index (χ2v) is 13.8. The van der Waals surface area contributed by atoms with Crippen molar-refractivity contribution in [3.05, 3.63) is 235 Å². The molecule has 1 aromatic heterocycles. The van der Waals surface area contributed by atoms with E-state index in [1.165, 1.54) is 0 Å². The predicted molar refractivity (Wildman–Crippen MR) is 234 cm³/mol. The quantitative estimate of drug-likeness (QED) is 0.151. The number of rotatable bonds is 9. The maximum atomic E-state index is 8.99. The van der Waals surface area contributed by atoms with Crippen molar-refractivity contribution in [3.63, 3.8) is 0 Å². The van der Waals surface area contributed by atoms with Gasteiger partial charge in [-0.3, -0.25) is 0 Å². The van der Waals surface area contributed by atoms with Gasteiger partial charge in [0.2, 0.25) is 0 Å². The molecule has 56 heavy (non-hydrogen) atoms. The Kier molecular flexibility index (Phi) is 9.47. The Morgan fingerprint density at radius 3 is 1.39 bits per heavy atom. The molecule has 3 heteroatoms. The lowest BCUT2D eigenvalue weighted by atomic mass is 9.90. The Morgan fingerprint density at radius 1 is 0.375 bits per heavy atom. The molecule has 1 heterocycles. The summed E-state index contributed by atoms with van der Waals surface area (Å²) in [6.07, 6.45) is 2.00. The van der Waals surface area contributed by atoms with Crippen LogP contribution < -0.4 is 0 Å². The van der Waals surface area contributed by atoms with Gasteiger partial charge in [-0.15, -0.1) is 0 Å². The number of benzene rings is 8. The number of hydrogen-bond donors (Lipinski definition) is 1. The average molecular weight is 716 g/mol. The van der Waals surface area contributed by atoms with Gasteiger partial charge in [-0.1, -0.05) is 200 Å². The second kappa shape index (κ2) is 15.5. The Balaban J connectivity index is 1.03. The summed E-state index contributed by atoms with van der Waals surface area (Å²) < 4.78 is 0. The molecule has 0 spiro atoms. The molecule has 1 N–H and O–H groups in total. The minimum Gasteiger partial charge on any atom is -0.300 e. The van der Waals surface area contributed by atoms with Gasteiger partial charge >= 0.3 is 0 Å². The van der Waals surface area contributed by atoms with Crippen LogP contribution in [0.4, 0.5) is 0 Å². The van der Waals surface area contributed by atoms with Crippen LogP contribution in [-0.4, -0.2) is 15.7 Å². The molecule has 9 aromatic rings. The Hall–Kier alpha value is -7.49. The highest BCUT2D eigenvalue weighted by Gasteiger charge is 2.14. The molecule has 9 rings (SSSR count). The first-order valence-electron chi connectivity index (χ1n) is 18.8. The molecule has 3 nitrogen and oxygen atoms in total. The molecule has 0 radical (unpaired) electrons. The SMILES string of the molecule is N=C(/C=C(/c1ccccc1)c1cccc2ccc(-c3ccc(-c4ccc(-c5nc(-c6ccccc6)cc(-c6ccccc6)n5)cc4)cc3)cc12)c1ccccc1. The first kappa shape index (κ1) is 34.3. The van der Waals surface area contributed by atoms with Crippen molar-refractivity contribution < 1.29 is 0 Å². The molecule has 0 saturated carbocycles. The smallest absolute Gasteiger partial charge is 0.160 e. The number of aromatic nitrogens is 2. The van der Waals surface area contributed by atoms with Gasteiger partial charge in [-0.2, -0.15) is 0 Å². The zero-order valence-electron chi connectivity index (χ0n) is 30.7. The third-order valence-electron chi connectivity index (χ3n) is 10.2. The van der Waals surface area contributed by atoms with Crippen LogP contribution in [-0.2, 0) is 0 Å². The van der Waals surface area contributed by atoms with E-state index in [-0.39, 0.29) is 0 Å². The molecule has 264 valence electrons. The Morgan fingerprint density at radius 2 is 0.839 bits per heavy atom. The predicted octanol–water partition coefficient (Wildman–Crippen LogP) is 13.5. The van der Waals surface area contributed by atoms with E-state index >= 15 is 0 Å². The van der Waals surface area contributed by atoms with E-state index < -0.39 is 0 Å². The van der Waals surface area contributed by atoms with Crippen LogP contribution in [0, 0.1) is 5.41 Å². The normalized spacial score (nSPS) is 11.4. The van der Waals surface area contributed by atoms with Crippen molar-refractivity contribution in [2.75, 3.05) is 0 Å². The van der Waals surface area contributed by atoms with Crippen molar-refractivity contribution in [2.45, 2.75) is 0 Å². The van der Waals surface area contributed by atoms with Crippen LogP contribution in [0.5, 0.6) is 0 Å². The molecule has 8 aromatic carbocycles. The van der Waals surface area contributed by atoms with E-state index in [1.807, 2.05) is 78.9 Å². The molecule has 0 aliphatic heterocycles. The topological polar surface area (TPSA) is 49.6 Å². The van der Waals surface area contributed by atoms with Crippen molar-refractivity contribution in [1.29, 1.82) is 5.41 Å². The summed E-state index contributed by atoms with van der Waals surface area (Å²) in [5.41, 5.74) is 14.0. The summed E-state index contributed by atoms with van der Waals surface area (Å²) >= 11 is 0. The van der Waals surface area contributed by atoms with E-state index in [9.17, 15) is 0 Å². The first-order chi connectivity index (χ1) is 27.7. The molecule has 0 atom stereocenters. The van der Waals surface area contributed by atoms with Gasteiger partial charge in [0, 0.05) is 16.7 Å². The lowest BCUT2D eigenvalue weighted by Crippen LogP contribution is -1.98. The van der Waals surface area contributed by atoms with Crippen molar-refractivity contribution in [3.8, 4) is 56.2 Å². The van der Waals surface area contributed by atoms with Gasteiger partial charge in [0.15, 0.2) is 5.82 Å². The summed E-state index contributed by atoms with van der Waals surface area (Å²) in [4.78, 5) is 10.0. The maximum Gasteiger partial charge on any atom is 0.160 e. The molecule has 0 aliphatic carbocycles. The van der Waals surface area contributed by atoms with Crippen LogP contribution >= 0.6 is 0 Å². The monoisotopic (exact) mass is 715 g/mol. The average Bonchev–Trinajstić information content (AvgIpc) is 3.29. The summed E-state index contributed by atoms with van der Waals surface area (Å²) in [6, 6.07) is 73.3. The fourth-order valence-corrected chi connectivity index (χ4v) is 7.22. The zero-order chi connectivity index (χ0) is 37.7. The maximum absolute atomic E-state index is 8.99. The van der Waals surface area contributed by atoms with E-state index in [0.717, 1.165) is 83.4 Å². The number of allylic oxidation sites excluding steroid dienone is 1. The van der Waals surface area contributed by atoms with Crippen molar-refractivity contribution >= 4 is 22.1 Å². The lowest BCUT2D eigenvalue weighted by molar-refractivity contribution is 1.18. The number of nitrogens with zero attached hydrogens (tertiary/aromatic N) is 2. The van der Waals surface area contributed by atoms with E-state index in [0.29, 0.717) is 11.5 Å². The lowest BCUT2D eigenvalue weighted by Gasteiger charge is -2.14. The second-order valence-electron chi connectivity index (χ2n) is 13.8. The third-order valence-corrected chi connectivity index (χ3v) is 10.2. The van der Waals surface area contributed by atoms with Gasteiger partial charge in [-0.25, -0.2) is 9.97 Å². The van der Waals surface area contributed by atoms with Crippen LogP contribution in [0.3, 0.4) is 0 Å². The Labute approximate surface area is 327 Å². The molecule has 0 unspecified atom stereocenters. The summed E-state index contributed by atoms with van der Waals surface area (Å²) in [5.74, 6) is 0.699. The minimum absolute atomic E-state index is 0.478. The minimum atomic E-state index is 0.478. The highest BCUT2D eigenvalue weighted by atomic mass is 14.9. The van der Waals surface area contributed by atoms with Gasteiger partial charge < -0.3 is 5.41 Å². The summed E-state index contributed by atoms with van der Waals surface area (Å²) in [6.45, 7) is 0. The van der Waals surface area contributed by atoms with Crippen molar-refractivity contribution in [1.82, 2.24) is 9.97 Å². The summed E-state index contributed by atoms with van der Waals surface area (Å²) in [7, 11) is 0. The van der Waals surface area contributed by atoms with Crippen LogP contribution in [0.2, 0.25) is 0 Å². The summed E-state index contributed by atoms with van der Waals surface area (Å²) in [5, 5.41) is 11.3. The van der Waals surface area contributed by atoms with E-state index in [4.69, 9.17) is 15.4 Å². The van der Waals surface area contributed by atoms with Gasteiger partial charge in [0.1, 0.15) is 0 Å². The fraction of sp³-hybridized carbons (Fsp3) is 0. The van der Waals surface area contributed by atoms with Gasteiger partial charge in [-0.05, 0) is 73.5 Å². The van der Waals surface area contributed by atoms with Crippen LogP contribution in [0.1, 0.15) is 16.7 Å². The molecule has 0 amide bonds. The highest BCUT2D eigenvalue weighted by Crippen LogP contribution is 2.35. The fourth-order valence-electron chi connectivity index (χ4n) is 7.22. The molecule has 0 bridgehead atoms. The number of fused-ring (bicyclic) bond motifs is 1. The largest absolute Gasteiger partial charge is 0.300 e. The molecule has 0 aliphatic rings. The van der Waals surface area contributed by atoms with Crippen LogP contribution in [0.25, 0.3) is 72.5 Å².